The van der Waals surface area contributed by atoms with Crippen LogP contribution in [0.25, 0.3) is 11.0 Å². The fourth-order valence-electron chi connectivity index (χ4n) is 3.45. The molecule has 0 saturated carbocycles. The van der Waals surface area contributed by atoms with E-state index in [9.17, 15) is 23.3 Å². The van der Waals surface area contributed by atoms with Crippen LogP contribution < -0.4 is 10.1 Å². The van der Waals surface area contributed by atoms with Gasteiger partial charge in [-0.25, -0.2) is 17.4 Å². The van der Waals surface area contributed by atoms with Crippen LogP contribution in [0.1, 0.15) is 5.56 Å². The van der Waals surface area contributed by atoms with Gasteiger partial charge in [0.05, 0.1) is 39.4 Å². The third kappa shape index (κ3) is 4.84. The summed E-state index contributed by atoms with van der Waals surface area (Å²) in [5.41, 5.74) is 1.19. The molecule has 0 radical (unpaired) electrons. The molecule has 1 heterocycles. The number of benzene rings is 3. The van der Waals surface area contributed by atoms with E-state index in [-0.39, 0.29) is 27.4 Å². The summed E-state index contributed by atoms with van der Waals surface area (Å²) in [4.78, 5) is 27.4. The number of ether oxygens (including phenoxy) is 1. The number of hydrogen-bond donors (Lipinski definition) is 1. The summed E-state index contributed by atoms with van der Waals surface area (Å²) >= 11 is 0.937. The second-order valence-electron chi connectivity index (χ2n) is 7.40. The Labute approximate surface area is 205 Å². The number of methoxy groups -OCH3 is 1. The first-order valence-corrected chi connectivity index (χ1v) is 12.7. The van der Waals surface area contributed by atoms with Crippen LogP contribution in [0.3, 0.4) is 0 Å². The zero-order valence-electron chi connectivity index (χ0n) is 18.7. The molecule has 0 bridgehead atoms. The van der Waals surface area contributed by atoms with Crippen molar-refractivity contribution in [3.05, 3.63) is 82.4 Å². The number of aryl methyl sites for hydroxylation is 1. The standard InChI is InChI=1S/C23H20N4O6S2/c1-15-11-12-16(27(29)30)13-21(15)35(31,32)26-19-9-5-3-7-17(19)25-23(26)34-14-22(28)24-18-8-4-6-10-20(18)33-2/h3-13H,14H2,1-2H3,(H,24,28). The van der Waals surface area contributed by atoms with Crippen LogP contribution in [-0.4, -0.2) is 41.1 Å². The highest BCUT2D eigenvalue weighted by Gasteiger charge is 2.28. The summed E-state index contributed by atoms with van der Waals surface area (Å²) in [6.07, 6.45) is 0. The second-order valence-corrected chi connectivity index (χ2v) is 10.1. The van der Waals surface area contributed by atoms with E-state index in [2.05, 4.69) is 10.3 Å². The number of aromatic nitrogens is 2. The molecule has 1 N–H and O–H groups in total. The van der Waals surface area contributed by atoms with Crippen LogP contribution in [0.5, 0.6) is 5.75 Å². The molecule has 0 unspecified atom stereocenters. The third-order valence-corrected chi connectivity index (χ3v) is 8.00. The van der Waals surface area contributed by atoms with E-state index in [1.807, 2.05) is 0 Å². The van der Waals surface area contributed by atoms with Crippen LogP contribution >= 0.6 is 11.8 Å². The normalized spacial score (nSPS) is 11.4. The molecule has 0 aliphatic rings. The van der Waals surface area contributed by atoms with E-state index in [1.165, 1.54) is 19.2 Å². The van der Waals surface area contributed by atoms with Gasteiger partial charge in [0.1, 0.15) is 5.75 Å². The minimum Gasteiger partial charge on any atom is -0.495 e. The number of non-ortho nitro benzene ring substituents is 1. The van der Waals surface area contributed by atoms with E-state index in [1.54, 1.807) is 55.5 Å². The Morgan fingerprint density at radius 3 is 2.60 bits per heavy atom. The number of hydrogen-bond acceptors (Lipinski definition) is 8. The van der Waals surface area contributed by atoms with E-state index in [0.717, 1.165) is 21.8 Å². The molecule has 12 heteroatoms. The van der Waals surface area contributed by atoms with Gasteiger partial charge in [0.25, 0.3) is 15.7 Å². The Bertz CT molecular complexity index is 1550. The second kappa shape index (κ2) is 9.76. The van der Waals surface area contributed by atoms with Crippen molar-refractivity contribution in [1.82, 2.24) is 8.96 Å². The number of nitrogens with one attached hydrogen (secondary N) is 1. The van der Waals surface area contributed by atoms with Crippen molar-refractivity contribution in [2.24, 2.45) is 0 Å². The van der Waals surface area contributed by atoms with Gasteiger partial charge in [0.2, 0.25) is 5.91 Å². The molecule has 0 aliphatic heterocycles. The van der Waals surface area contributed by atoms with Crippen LogP contribution in [0.15, 0.2) is 76.8 Å². The Morgan fingerprint density at radius 1 is 1.14 bits per heavy atom. The van der Waals surface area contributed by atoms with Gasteiger partial charge in [0, 0.05) is 12.1 Å². The van der Waals surface area contributed by atoms with Gasteiger partial charge in [-0.05, 0) is 36.8 Å². The summed E-state index contributed by atoms with van der Waals surface area (Å²) in [5.74, 6) is -0.0333. The molecular formula is C23H20N4O6S2. The van der Waals surface area contributed by atoms with Gasteiger partial charge in [-0.3, -0.25) is 14.9 Å². The van der Waals surface area contributed by atoms with Crippen LogP contribution in [0.4, 0.5) is 11.4 Å². The topological polar surface area (TPSA) is 133 Å². The minimum atomic E-state index is -4.28. The molecule has 3 aromatic carbocycles. The number of amides is 1. The maximum absolute atomic E-state index is 13.7. The van der Waals surface area contributed by atoms with Gasteiger partial charge >= 0.3 is 0 Å². The molecule has 0 spiro atoms. The maximum atomic E-state index is 13.7. The van der Waals surface area contributed by atoms with Crippen molar-refractivity contribution in [1.29, 1.82) is 0 Å². The highest BCUT2D eigenvalue weighted by molar-refractivity contribution is 8.00. The van der Waals surface area contributed by atoms with Gasteiger partial charge in [-0.2, -0.15) is 0 Å². The lowest BCUT2D eigenvalue weighted by Crippen LogP contribution is -2.18. The fraction of sp³-hybridized carbons (Fsp3) is 0.130. The van der Waals surface area contributed by atoms with Gasteiger partial charge in [0.15, 0.2) is 5.16 Å². The first kappa shape index (κ1) is 24.2. The number of imidazole rings is 1. The van der Waals surface area contributed by atoms with E-state index in [4.69, 9.17) is 4.74 Å². The fourth-order valence-corrected chi connectivity index (χ4v) is 6.21. The predicted octanol–water partition coefficient (Wildman–Crippen LogP) is 4.23. The van der Waals surface area contributed by atoms with Gasteiger partial charge in [-0.1, -0.05) is 42.1 Å². The molecule has 180 valence electrons. The van der Waals surface area contributed by atoms with Crippen molar-refractivity contribution in [2.45, 2.75) is 17.0 Å². The van der Waals surface area contributed by atoms with Gasteiger partial charge in [-0.15, -0.1) is 0 Å². The first-order valence-electron chi connectivity index (χ1n) is 10.3. The number of nitrogens with zero attached hydrogens (tertiary/aromatic N) is 3. The Hall–Kier alpha value is -3.90. The first-order chi connectivity index (χ1) is 16.7. The summed E-state index contributed by atoms with van der Waals surface area (Å²) in [7, 11) is -2.79. The number of carbonyl (C=O) groups is 1. The molecule has 0 fully saturated rings. The molecule has 0 saturated heterocycles. The molecule has 10 nitrogen and oxygen atoms in total. The SMILES string of the molecule is COc1ccccc1NC(=O)CSc1nc2ccccc2n1S(=O)(=O)c1cc([N+](=O)[O-])ccc1C. The molecule has 0 atom stereocenters. The van der Waals surface area contributed by atoms with Crippen LogP contribution in [0, 0.1) is 17.0 Å². The molecule has 4 aromatic rings. The molecule has 35 heavy (non-hydrogen) atoms. The van der Waals surface area contributed by atoms with Crippen molar-refractivity contribution in [3.63, 3.8) is 0 Å². The molecular weight excluding hydrogens is 492 g/mol. The van der Waals surface area contributed by atoms with Gasteiger partial charge < -0.3 is 10.1 Å². The predicted molar refractivity (Wildman–Crippen MR) is 132 cm³/mol. The number of nitro groups is 1. The summed E-state index contributed by atoms with van der Waals surface area (Å²) in [6, 6.07) is 17.2. The number of fused-ring (bicyclic) bond motifs is 1. The average Bonchev–Trinajstić information content (AvgIpc) is 3.22. The average molecular weight is 513 g/mol. The lowest BCUT2D eigenvalue weighted by molar-refractivity contribution is -0.385. The number of nitro benzene ring substituents is 1. The zero-order valence-corrected chi connectivity index (χ0v) is 20.3. The molecule has 1 amide bonds. The van der Waals surface area contributed by atoms with E-state index >= 15 is 0 Å². The smallest absolute Gasteiger partial charge is 0.270 e. The van der Waals surface area contributed by atoms with Crippen molar-refractivity contribution in [3.8, 4) is 5.75 Å². The zero-order chi connectivity index (χ0) is 25.2. The van der Waals surface area contributed by atoms with E-state index in [0.29, 0.717) is 28.0 Å². The number of thioether (sulfide) groups is 1. The Morgan fingerprint density at radius 2 is 1.86 bits per heavy atom. The minimum absolute atomic E-state index is 0.0623. The largest absolute Gasteiger partial charge is 0.495 e. The lowest BCUT2D eigenvalue weighted by atomic mass is 10.2. The maximum Gasteiger partial charge on any atom is 0.270 e. The highest BCUT2D eigenvalue weighted by atomic mass is 32.2. The molecule has 0 aliphatic carbocycles. The summed E-state index contributed by atoms with van der Waals surface area (Å²) in [6.45, 7) is 1.56. The third-order valence-electron chi connectivity index (χ3n) is 5.10. The van der Waals surface area contributed by atoms with Crippen LogP contribution in [-0.2, 0) is 14.8 Å². The molecule has 1 aromatic heterocycles. The summed E-state index contributed by atoms with van der Waals surface area (Å²) < 4.78 is 33.7. The number of carbonyl (C=O) groups excluding carboxylic acids is 1. The quantitative estimate of drug-likeness (QED) is 0.211. The van der Waals surface area contributed by atoms with Crippen LogP contribution in [0.2, 0.25) is 0 Å². The number of para-hydroxylation sites is 4. The molecule has 4 rings (SSSR count). The highest BCUT2D eigenvalue weighted by Crippen LogP contribution is 2.32. The monoisotopic (exact) mass is 512 g/mol. The lowest BCUT2D eigenvalue weighted by Gasteiger charge is -2.13. The summed E-state index contributed by atoms with van der Waals surface area (Å²) in [5, 5.41) is 14.1. The Balaban J connectivity index is 1.71. The van der Waals surface area contributed by atoms with E-state index < -0.39 is 14.9 Å². The van der Waals surface area contributed by atoms with Crippen molar-refractivity contribution >= 4 is 50.1 Å². The van der Waals surface area contributed by atoms with Crippen molar-refractivity contribution < 1.29 is 22.9 Å². The number of rotatable bonds is 8. The number of anilines is 1. The Kier molecular flexibility index (Phi) is 6.76. The van der Waals surface area contributed by atoms with Crippen molar-refractivity contribution in [2.75, 3.05) is 18.2 Å².